The van der Waals surface area contributed by atoms with Crippen LogP contribution in [0.5, 0.6) is 0 Å². The third-order valence-electron chi connectivity index (χ3n) is 2.37. The Hall–Kier alpha value is -0.620. The molecule has 0 radical (unpaired) electrons. The molecule has 16 heavy (non-hydrogen) atoms. The molecule has 1 aromatic rings. The van der Waals surface area contributed by atoms with Gasteiger partial charge in [0.1, 0.15) is 0 Å². The van der Waals surface area contributed by atoms with Crippen molar-refractivity contribution >= 4 is 28.5 Å². The zero-order valence-corrected chi connectivity index (χ0v) is 11.6. The van der Waals surface area contributed by atoms with Crippen LogP contribution in [0, 0.1) is 10.5 Å². The van der Waals surface area contributed by atoms with E-state index in [1.165, 1.54) is 5.56 Å². The van der Waals surface area contributed by atoms with E-state index in [1.807, 2.05) is 32.0 Å². The molecule has 0 aliphatic heterocycles. The van der Waals surface area contributed by atoms with Crippen molar-refractivity contribution in [1.29, 1.82) is 0 Å². The minimum Gasteiger partial charge on any atom is -0.396 e. The molecular formula is C12H16INO2. The maximum absolute atomic E-state index is 11.8. The Labute approximate surface area is 109 Å². The molecule has 0 aliphatic rings. The van der Waals surface area contributed by atoms with Gasteiger partial charge in [0.2, 0.25) is 0 Å². The quantitative estimate of drug-likeness (QED) is 0.829. The van der Waals surface area contributed by atoms with Crippen molar-refractivity contribution in [2.75, 3.05) is 6.61 Å². The third-order valence-corrected chi connectivity index (χ3v) is 3.54. The van der Waals surface area contributed by atoms with Gasteiger partial charge in [-0.1, -0.05) is 6.07 Å². The first-order valence-electron chi connectivity index (χ1n) is 5.22. The van der Waals surface area contributed by atoms with Crippen molar-refractivity contribution in [1.82, 2.24) is 5.32 Å². The summed E-state index contributed by atoms with van der Waals surface area (Å²) in [6.45, 7) is 3.98. The molecule has 0 saturated heterocycles. The van der Waals surface area contributed by atoms with Crippen LogP contribution >= 0.6 is 22.6 Å². The minimum absolute atomic E-state index is 0.00327. The number of hydrogen-bond donors (Lipinski definition) is 2. The van der Waals surface area contributed by atoms with E-state index in [1.54, 1.807) is 0 Å². The Kier molecular flexibility index (Phi) is 5.21. The molecule has 0 spiro atoms. The molecule has 0 bridgehead atoms. The highest BCUT2D eigenvalue weighted by atomic mass is 127. The monoisotopic (exact) mass is 333 g/mol. The van der Waals surface area contributed by atoms with Crippen LogP contribution < -0.4 is 5.32 Å². The minimum atomic E-state index is -0.0844. The number of nitrogens with one attached hydrogen (secondary N) is 1. The third kappa shape index (κ3) is 3.75. The van der Waals surface area contributed by atoms with Gasteiger partial charge in [-0.3, -0.25) is 4.79 Å². The average molecular weight is 333 g/mol. The zero-order chi connectivity index (χ0) is 12.1. The Morgan fingerprint density at radius 3 is 2.81 bits per heavy atom. The van der Waals surface area contributed by atoms with Gasteiger partial charge in [0.15, 0.2) is 0 Å². The van der Waals surface area contributed by atoms with Gasteiger partial charge in [-0.05, 0) is 60.6 Å². The van der Waals surface area contributed by atoms with Crippen LogP contribution in [0.15, 0.2) is 18.2 Å². The first-order valence-corrected chi connectivity index (χ1v) is 6.30. The Balaban J connectivity index is 2.69. The molecule has 2 N–H and O–H groups in total. The van der Waals surface area contributed by atoms with Gasteiger partial charge in [-0.2, -0.15) is 0 Å². The molecular weight excluding hydrogens is 317 g/mol. The average Bonchev–Trinajstić information content (AvgIpc) is 2.22. The summed E-state index contributed by atoms with van der Waals surface area (Å²) >= 11 is 2.21. The van der Waals surface area contributed by atoms with Crippen molar-refractivity contribution in [2.24, 2.45) is 0 Å². The number of aliphatic hydroxyl groups excluding tert-OH is 1. The molecule has 1 rings (SSSR count). The number of rotatable bonds is 4. The lowest BCUT2D eigenvalue weighted by atomic mass is 10.1. The summed E-state index contributed by atoms with van der Waals surface area (Å²) in [4.78, 5) is 11.8. The van der Waals surface area contributed by atoms with Gasteiger partial charge in [-0.15, -0.1) is 0 Å². The zero-order valence-electron chi connectivity index (χ0n) is 9.46. The van der Waals surface area contributed by atoms with Crippen LogP contribution in [-0.4, -0.2) is 23.7 Å². The summed E-state index contributed by atoms with van der Waals surface area (Å²) in [5.41, 5.74) is 1.83. The van der Waals surface area contributed by atoms with E-state index in [2.05, 4.69) is 27.9 Å². The summed E-state index contributed by atoms with van der Waals surface area (Å²) in [6.07, 6.45) is 0.578. The molecule has 0 aromatic heterocycles. The predicted octanol–water partition coefficient (Wildman–Crippen LogP) is 2.10. The molecule has 0 aliphatic carbocycles. The van der Waals surface area contributed by atoms with Crippen LogP contribution in [0.25, 0.3) is 0 Å². The van der Waals surface area contributed by atoms with Crippen LogP contribution in [0.4, 0.5) is 0 Å². The summed E-state index contributed by atoms with van der Waals surface area (Å²) in [5, 5.41) is 11.6. The molecule has 1 aromatic carbocycles. The van der Waals surface area contributed by atoms with Gasteiger partial charge in [0.05, 0.1) is 0 Å². The molecule has 1 amide bonds. The Morgan fingerprint density at radius 1 is 1.56 bits per heavy atom. The lowest BCUT2D eigenvalue weighted by Gasteiger charge is -2.12. The van der Waals surface area contributed by atoms with Crippen molar-refractivity contribution in [3.05, 3.63) is 32.9 Å². The van der Waals surface area contributed by atoms with Crippen molar-refractivity contribution < 1.29 is 9.90 Å². The fourth-order valence-electron chi connectivity index (χ4n) is 1.31. The Bertz CT molecular complexity index is 379. The van der Waals surface area contributed by atoms with E-state index in [0.29, 0.717) is 12.0 Å². The second-order valence-corrected chi connectivity index (χ2v) is 5.01. The van der Waals surface area contributed by atoms with E-state index in [-0.39, 0.29) is 18.6 Å². The molecule has 1 atom stereocenters. The van der Waals surface area contributed by atoms with Crippen molar-refractivity contribution in [2.45, 2.75) is 26.3 Å². The summed E-state index contributed by atoms with van der Waals surface area (Å²) < 4.78 is 1.08. The second-order valence-electron chi connectivity index (χ2n) is 3.85. The number of aryl methyl sites for hydroxylation is 1. The summed E-state index contributed by atoms with van der Waals surface area (Å²) in [7, 11) is 0. The molecule has 1 unspecified atom stereocenters. The van der Waals surface area contributed by atoms with Gasteiger partial charge in [0.25, 0.3) is 5.91 Å². The lowest BCUT2D eigenvalue weighted by Crippen LogP contribution is -2.33. The van der Waals surface area contributed by atoms with Crippen molar-refractivity contribution in [3.63, 3.8) is 0 Å². The molecule has 0 fully saturated rings. The normalized spacial score (nSPS) is 12.2. The van der Waals surface area contributed by atoms with E-state index in [0.717, 1.165) is 3.57 Å². The Morgan fingerprint density at radius 2 is 2.25 bits per heavy atom. The topological polar surface area (TPSA) is 49.3 Å². The van der Waals surface area contributed by atoms with E-state index in [4.69, 9.17) is 5.11 Å². The van der Waals surface area contributed by atoms with E-state index < -0.39 is 0 Å². The maximum Gasteiger partial charge on any atom is 0.251 e. The predicted molar refractivity (Wildman–Crippen MR) is 72.5 cm³/mol. The highest BCUT2D eigenvalue weighted by molar-refractivity contribution is 14.1. The van der Waals surface area contributed by atoms with Crippen LogP contribution in [0.3, 0.4) is 0 Å². The molecule has 88 valence electrons. The first kappa shape index (κ1) is 13.4. The number of aliphatic hydroxyl groups is 1. The number of carbonyl (C=O) groups is 1. The number of amides is 1. The molecule has 4 heteroatoms. The fourth-order valence-corrected chi connectivity index (χ4v) is 1.82. The van der Waals surface area contributed by atoms with Gasteiger partial charge >= 0.3 is 0 Å². The highest BCUT2D eigenvalue weighted by Crippen LogP contribution is 2.13. The summed E-state index contributed by atoms with van der Waals surface area (Å²) in [6, 6.07) is 5.62. The van der Waals surface area contributed by atoms with Crippen molar-refractivity contribution in [3.8, 4) is 0 Å². The maximum atomic E-state index is 11.8. The number of benzene rings is 1. The number of carbonyl (C=O) groups excluding carboxylic acids is 1. The smallest absolute Gasteiger partial charge is 0.251 e. The van der Waals surface area contributed by atoms with Crippen LogP contribution in [-0.2, 0) is 0 Å². The fraction of sp³-hybridized carbons (Fsp3) is 0.417. The van der Waals surface area contributed by atoms with Crippen LogP contribution in [0.2, 0.25) is 0 Å². The molecule has 0 saturated carbocycles. The second kappa shape index (κ2) is 6.20. The SMILES string of the molecule is Cc1ccc(C(=O)NC(C)CCO)cc1I. The van der Waals surface area contributed by atoms with Gasteiger partial charge in [-0.25, -0.2) is 0 Å². The largest absolute Gasteiger partial charge is 0.396 e. The van der Waals surface area contributed by atoms with Gasteiger partial charge in [0, 0.05) is 21.8 Å². The highest BCUT2D eigenvalue weighted by Gasteiger charge is 2.10. The lowest BCUT2D eigenvalue weighted by molar-refractivity contribution is 0.0934. The molecule has 3 nitrogen and oxygen atoms in total. The number of halogens is 1. The van der Waals surface area contributed by atoms with E-state index >= 15 is 0 Å². The standard InChI is InChI=1S/C12H16INO2/c1-8-3-4-10(7-11(8)13)12(16)14-9(2)5-6-15/h3-4,7,9,15H,5-6H2,1-2H3,(H,14,16). The number of hydrogen-bond acceptors (Lipinski definition) is 2. The first-order chi connectivity index (χ1) is 7.54. The molecule has 0 heterocycles. The van der Waals surface area contributed by atoms with Gasteiger partial charge < -0.3 is 10.4 Å². The van der Waals surface area contributed by atoms with E-state index in [9.17, 15) is 4.79 Å². The van der Waals surface area contributed by atoms with Crippen LogP contribution in [0.1, 0.15) is 29.3 Å². The summed E-state index contributed by atoms with van der Waals surface area (Å²) in [5.74, 6) is -0.0844.